The van der Waals surface area contributed by atoms with Crippen LogP contribution in [0.3, 0.4) is 0 Å². The van der Waals surface area contributed by atoms with Crippen molar-refractivity contribution in [2.75, 3.05) is 7.05 Å². The lowest BCUT2D eigenvalue weighted by atomic mass is 10.1. The minimum Gasteiger partial charge on any atom is -0.334 e. The second-order valence-electron chi connectivity index (χ2n) is 5.62. The third kappa shape index (κ3) is 3.66. The van der Waals surface area contributed by atoms with E-state index in [1.807, 2.05) is 0 Å². The summed E-state index contributed by atoms with van der Waals surface area (Å²) in [6.07, 6.45) is -2.60. The van der Waals surface area contributed by atoms with Crippen molar-refractivity contribution >= 4 is 6.03 Å². The first-order valence-corrected chi connectivity index (χ1v) is 7.35. The first-order valence-electron chi connectivity index (χ1n) is 7.35. The first-order chi connectivity index (χ1) is 11.3. The molecule has 24 heavy (non-hydrogen) atoms. The molecule has 1 fully saturated rings. The molecule has 2 amide bonds. The van der Waals surface area contributed by atoms with E-state index in [0.29, 0.717) is 18.2 Å². The summed E-state index contributed by atoms with van der Waals surface area (Å²) in [7, 11) is 1.75. The maximum Gasteiger partial charge on any atom is 0.471 e. The molecule has 0 spiro atoms. The topological polar surface area (TPSA) is 71.3 Å². The summed E-state index contributed by atoms with van der Waals surface area (Å²) in [5.74, 6) is -1.51. The maximum absolute atomic E-state index is 12.4. The van der Waals surface area contributed by atoms with Gasteiger partial charge in [0.1, 0.15) is 0 Å². The van der Waals surface area contributed by atoms with Gasteiger partial charge in [-0.3, -0.25) is 0 Å². The number of benzene rings is 1. The van der Waals surface area contributed by atoms with Crippen LogP contribution in [0.2, 0.25) is 0 Å². The molecule has 6 nitrogen and oxygen atoms in total. The lowest BCUT2D eigenvalue weighted by Crippen LogP contribution is -2.38. The van der Waals surface area contributed by atoms with E-state index in [-0.39, 0.29) is 11.9 Å². The van der Waals surface area contributed by atoms with Crippen LogP contribution in [0.5, 0.6) is 0 Å². The first kappa shape index (κ1) is 16.3. The Kier molecular flexibility index (Phi) is 4.16. The average molecular weight is 340 g/mol. The molecule has 1 aromatic carbocycles. The van der Waals surface area contributed by atoms with Crippen molar-refractivity contribution < 1.29 is 22.5 Å². The zero-order chi connectivity index (χ0) is 17.3. The van der Waals surface area contributed by atoms with Gasteiger partial charge in [-0.1, -0.05) is 29.4 Å². The van der Waals surface area contributed by atoms with Crippen LogP contribution in [0, 0.1) is 0 Å². The number of hydrogen-bond acceptors (Lipinski definition) is 4. The molecule has 2 aromatic rings. The van der Waals surface area contributed by atoms with E-state index in [4.69, 9.17) is 0 Å². The van der Waals surface area contributed by atoms with E-state index in [1.54, 1.807) is 36.2 Å². The molecular formula is C15H15F3N4O2. The highest BCUT2D eigenvalue weighted by Crippen LogP contribution is 2.29. The van der Waals surface area contributed by atoms with Crippen LogP contribution < -0.4 is 5.32 Å². The number of hydrogen-bond donors (Lipinski definition) is 1. The summed E-state index contributed by atoms with van der Waals surface area (Å²) < 4.78 is 41.5. The third-order valence-electron chi connectivity index (χ3n) is 3.74. The number of alkyl halides is 3. The molecule has 0 atom stereocenters. The molecule has 128 valence electrons. The Bertz CT molecular complexity index is 723. The van der Waals surface area contributed by atoms with Gasteiger partial charge in [-0.05, 0) is 18.4 Å². The van der Waals surface area contributed by atoms with E-state index in [2.05, 4.69) is 20.0 Å². The van der Waals surface area contributed by atoms with Gasteiger partial charge in [0.05, 0.1) is 0 Å². The third-order valence-corrected chi connectivity index (χ3v) is 3.74. The second kappa shape index (κ2) is 6.14. The van der Waals surface area contributed by atoms with Crippen LogP contribution >= 0.6 is 0 Å². The second-order valence-corrected chi connectivity index (χ2v) is 5.62. The predicted molar refractivity (Wildman–Crippen MR) is 77.8 cm³/mol. The van der Waals surface area contributed by atoms with Gasteiger partial charge in [-0.25, -0.2) is 4.79 Å². The van der Waals surface area contributed by atoms with Crippen molar-refractivity contribution in [1.82, 2.24) is 20.4 Å². The van der Waals surface area contributed by atoms with Crippen molar-refractivity contribution in [3.05, 3.63) is 35.7 Å². The maximum atomic E-state index is 12.4. The normalized spacial score (nSPS) is 14.5. The van der Waals surface area contributed by atoms with Gasteiger partial charge in [0, 0.05) is 25.2 Å². The van der Waals surface area contributed by atoms with Gasteiger partial charge in [-0.15, -0.1) is 0 Å². The fourth-order valence-corrected chi connectivity index (χ4v) is 2.16. The summed E-state index contributed by atoms with van der Waals surface area (Å²) >= 11 is 0. The molecule has 0 aliphatic heterocycles. The molecule has 1 aliphatic carbocycles. The van der Waals surface area contributed by atoms with E-state index in [0.717, 1.165) is 18.4 Å². The minimum atomic E-state index is -4.66. The van der Waals surface area contributed by atoms with Gasteiger partial charge in [0.2, 0.25) is 5.82 Å². The standard InChI is InChI=1S/C15H15F3N4O2/c1-22(11-6-7-11)14(23)19-8-9-2-4-10(5-3-9)12-20-13(24-21-12)15(16,17)18/h2-5,11H,6-8H2,1H3,(H,19,23). The Labute approximate surface area is 135 Å². The fraction of sp³-hybridized carbons (Fsp3) is 0.400. The molecule has 1 heterocycles. The summed E-state index contributed by atoms with van der Waals surface area (Å²) in [6, 6.07) is 6.73. The van der Waals surface area contributed by atoms with Crippen LogP contribution in [0.25, 0.3) is 11.4 Å². The number of carbonyl (C=O) groups is 1. The quantitative estimate of drug-likeness (QED) is 0.928. The largest absolute Gasteiger partial charge is 0.471 e. The molecule has 0 radical (unpaired) electrons. The molecule has 9 heteroatoms. The number of rotatable bonds is 4. The number of nitrogens with zero attached hydrogens (tertiary/aromatic N) is 3. The number of urea groups is 1. The Morgan fingerprint density at radius 3 is 2.54 bits per heavy atom. The zero-order valence-corrected chi connectivity index (χ0v) is 12.8. The van der Waals surface area contributed by atoms with Gasteiger partial charge in [0.15, 0.2) is 0 Å². The van der Waals surface area contributed by atoms with Crippen molar-refractivity contribution in [2.24, 2.45) is 0 Å². The number of halogens is 3. The number of nitrogens with one attached hydrogen (secondary N) is 1. The van der Waals surface area contributed by atoms with E-state index >= 15 is 0 Å². The van der Waals surface area contributed by atoms with Gasteiger partial charge < -0.3 is 14.7 Å². The molecule has 1 aliphatic rings. The summed E-state index contributed by atoms with van der Waals surface area (Å²) in [4.78, 5) is 16.9. The fourth-order valence-electron chi connectivity index (χ4n) is 2.16. The van der Waals surface area contributed by atoms with Crippen LogP contribution in [-0.2, 0) is 12.7 Å². The highest BCUT2D eigenvalue weighted by molar-refractivity contribution is 5.74. The van der Waals surface area contributed by atoms with Crippen LogP contribution in [0.15, 0.2) is 28.8 Å². The molecule has 0 saturated heterocycles. The SMILES string of the molecule is CN(C(=O)NCc1ccc(-c2noc(C(F)(F)F)n2)cc1)C1CC1. The Balaban J connectivity index is 1.61. The molecule has 0 bridgehead atoms. The number of aromatic nitrogens is 2. The van der Waals surface area contributed by atoms with Crippen LogP contribution in [0.1, 0.15) is 24.3 Å². The van der Waals surface area contributed by atoms with Gasteiger partial charge in [-0.2, -0.15) is 18.2 Å². The van der Waals surface area contributed by atoms with Crippen molar-refractivity contribution in [3.63, 3.8) is 0 Å². The van der Waals surface area contributed by atoms with E-state index in [9.17, 15) is 18.0 Å². The molecule has 1 N–H and O–H groups in total. The Morgan fingerprint density at radius 1 is 1.33 bits per heavy atom. The highest BCUT2D eigenvalue weighted by Gasteiger charge is 2.38. The van der Waals surface area contributed by atoms with Crippen molar-refractivity contribution in [1.29, 1.82) is 0 Å². The predicted octanol–water partition coefficient (Wildman–Crippen LogP) is 3.06. The Morgan fingerprint density at radius 2 is 2.00 bits per heavy atom. The van der Waals surface area contributed by atoms with Crippen LogP contribution in [-0.4, -0.2) is 34.2 Å². The molecule has 1 aromatic heterocycles. The van der Waals surface area contributed by atoms with Gasteiger partial charge >= 0.3 is 18.1 Å². The van der Waals surface area contributed by atoms with E-state index in [1.165, 1.54) is 0 Å². The average Bonchev–Trinajstić information content (AvgIpc) is 3.27. The minimum absolute atomic E-state index is 0.133. The smallest absolute Gasteiger partial charge is 0.334 e. The monoisotopic (exact) mass is 340 g/mol. The zero-order valence-electron chi connectivity index (χ0n) is 12.8. The molecular weight excluding hydrogens is 325 g/mol. The summed E-state index contributed by atoms with van der Waals surface area (Å²) in [6.45, 7) is 0.330. The Hall–Kier alpha value is -2.58. The van der Waals surface area contributed by atoms with Crippen molar-refractivity contribution in [3.8, 4) is 11.4 Å². The molecule has 0 unspecified atom stereocenters. The number of amides is 2. The summed E-state index contributed by atoms with van der Waals surface area (Å²) in [5, 5.41) is 6.12. The van der Waals surface area contributed by atoms with E-state index < -0.39 is 12.1 Å². The molecule has 3 rings (SSSR count). The number of carbonyl (C=O) groups excluding carboxylic acids is 1. The van der Waals surface area contributed by atoms with Crippen LogP contribution in [0.4, 0.5) is 18.0 Å². The van der Waals surface area contributed by atoms with Gasteiger partial charge in [0.25, 0.3) is 0 Å². The molecule has 1 saturated carbocycles. The highest BCUT2D eigenvalue weighted by atomic mass is 19.4. The van der Waals surface area contributed by atoms with Crippen molar-refractivity contribution in [2.45, 2.75) is 31.6 Å². The lowest BCUT2D eigenvalue weighted by molar-refractivity contribution is -0.159. The lowest BCUT2D eigenvalue weighted by Gasteiger charge is -2.17. The summed E-state index contributed by atoms with van der Waals surface area (Å²) in [5.41, 5.74) is 1.22.